The zero-order chi connectivity index (χ0) is 17.5. The Kier molecular flexibility index (Phi) is 3.89. The minimum atomic E-state index is 0.721. The number of anilines is 4. The average Bonchev–Trinajstić information content (AvgIpc) is 3.05. The number of hydrogen-bond donors (Lipinski definition) is 0. The number of fused-ring (bicyclic) bond motifs is 2. The Morgan fingerprint density at radius 3 is 2.00 bits per heavy atom. The lowest BCUT2D eigenvalue weighted by atomic mass is 10.0. The van der Waals surface area contributed by atoms with E-state index in [-0.39, 0.29) is 0 Å². The third kappa shape index (κ3) is 2.67. The van der Waals surface area contributed by atoms with E-state index in [0.29, 0.717) is 0 Å². The van der Waals surface area contributed by atoms with Crippen LogP contribution in [-0.4, -0.2) is 16.6 Å². The molecule has 0 amide bonds. The molecule has 26 heavy (non-hydrogen) atoms. The van der Waals surface area contributed by atoms with Crippen molar-refractivity contribution in [2.45, 2.75) is 25.7 Å². The van der Waals surface area contributed by atoms with Crippen molar-refractivity contribution in [3.05, 3.63) is 70.5 Å². The van der Waals surface area contributed by atoms with Gasteiger partial charge in [0.25, 0.3) is 0 Å². The monoisotopic (exact) mass is 406 g/mol. The van der Waals surface area contributed by atoms with Crippen LogP contribution in [-0.2, 0) is 12.8 Å². The Hall–Kier alpha value is -2.40. The maximum absolute atomic E-state index is 5.06. The molecular weight excluding hydrogens is 388 g/mol. The second-order valence-electron chi connectivity index (χ2n) is 6.78. The molecule has 2 aromatic carbocycles. The maximum atomic E-state index is 5.06. The summed E-state index contributed by atoms with van der Waals surface area (Å²) in [6.45, 7) is 0.721. The molecule has 0 radical (unpaired) electrons. The second kappa shape index (κ2) is 6.40. The molecule has 2 heterocycles. The molecular formula is C21H19BrN4. The van der Waals surface area contributed by atoms with Crippen LogP contribution in [0.2, 0.25) is 0 Å². The minimum absolute atomic E-state index is 0.721. The fraction of sp³-hybridized carbons (Fsp3) is 0.238. The Morgan fingerprint density at radius 1 is 0.731 bits per heavy atom. The fourth-order valence-electron chi connectivity index (χ4n) is 3.77. The van der Waals surface area contributed by atoms with E-state index in [0.717, 1.165) is 47.0 Å². The van der Waals surface area contributed by atoms with Gasteiger partial charge in [-0.1, -0.05) is 40.2 Å². The molecule has 1 aliphatic heterocycles. The fourth-order valence-corrected chi connectivity index (χ4v) is 4.15. The molecule has 0 unspecified atom stereocenters. The van der Waals surface area contributed by atoms with Crippen LogP contribution in [0.4, 0.5) is 23.0 Å². The van der Waals surface area contributed by atoms with Crippen molar-refractivity contribution >= 4 is 38.9 Å². The van der Waals surface area contributed by atoms with Gasteiger partial charge < -0.3 is 9.80 Å². The molecule has 0 saturated carbocycles. The SMILES string of the molecule is Brc1cccc(N2CN(c3ccccc3)c3nc4c(nc32)CCCC4)c1. The lowest BCUT2D eigenvalue weighted by molar-refractivity contribution is 0.651. The van der Waals surface area contributed by atoms with Crippen molar-refractivity contribution in [3.63, 3.8) is 0 Å². The van der Waals surface area contributed by atoms with Crippen LogP contribution in [0.5, 0.6) is 0 Å². The van der Waals surface area contributed by atoms with Gasteiger partial charge in [-0.05, 0) is 56.0 Å². The first kappa shape index (κ1) is 15.8. The number of rotatable bonds is 2. The van der Waals surface area contributed by atoms with E-state index in [2.05, 4.69) is 68.2 Å². The molecule has 2 aliphatic rings. The summed E-state index contributed by atoms with van der Waals surface area (Å²) in [6, 6.07) is 18.8. The van der Waals surface area contributed by atoms with Gasteiger partial charge in [-0.15, -0.1) is 0 Å². The topological polar surface area (TPSA) is 32.3 Å². The summed E-state index contributed by atoms with van der Waals surface area (Å²) in [4.78, 5) is 14.6. The molecule has 5 rings (SSSR count). The summed E-state index contributed by atoms with van der Waals surface area (Å²) < 4.78 is 1.07. The van der Waals surface area contributed by atoms with Crippen molar-refractivity contribution in [1.29, 1.82) is 0 Å². The van der Waals surface area contributed by atoms with Crippen molar-refractivity contribution in [1.82, 2.24) is 9.97 Å². The summed E-state index contributed by atoms with van der Waals surface area (Å²) >= 11 is 3.59. The predicted molar refractivity (Wildman–Crippen MR) is 108 cm³/mol. The van der Waals surface area contributed by atoms with Crippen LogP contribution in [0, 0.1) is 0 Å². The highest BCUT2D eigenvalue weighted by molar-refractivity contribution is 9.10. The molecule has 130 valence electrons. The largest absolute Gasteiger partial charge is 0.305 e. The first-order valence-corrected chi connectivity index (χ1v) is 9.84. The van der Waals surface area contributed by atoms with E-state index in [4.69, 9.17) is 9.97 Å². The smallest absolute Gasteiger partial charge is 0.178 e. The highest BCUT2D eigenvalue weighted by Crippen LogP contribution is 2.43. The van der Waals surface area contributed by atoms with Crippen LogP contribution >= 0.6 is 15.9 Å². The molecule has 0 fully saturated rings. The summed E-state index contributed by atoms with van der Waals surface area (Å²) in [5.74, 6) is 1.93. The van der Waals surface area contributed by atoms with E-state index >= 15 is 0 Å². The Labute approximate surface area is 161 Å². The summed E-state index contributed by atoms with van der Waals surface area (Å²) in [6.07, 6.45) is 4.49. The molecule has 3 aromatic rings. The Balaban J connectivity index is 1.66. The van der Waals surface area contributed by atoms with Crippen molar-refractivity contribution in [3.8, 4) is 0 Å². The molecule has 5 heteroatoms. The van der Waals surface area contributed by atoms with Gasteiger partial charge in [0.1, 0.15) is 6.67 Å². The van der Waals surface area contributed by atoms with Crippen molar-refractivity contribution in [2.75, 3.05) is 16.5 Å². The number of nitrogens with zero attached hydrogens (tertiary/aromatic N) is 4. The van der Waals surface area contributed by atoms with Gasteiger partial charge in [0.05, 0.1) is 11.4 Å². The van der Waals surface area contributed by atoms with Gasteiger partial charge >= 0.3 is 0 Å². The number of aromatic nitrogens is 2. The molecule has 0 bridgehead atoms. The summed E-state index contributed by atoms with van der Waals surface area (Å²) in [7, 11) is 0. The number of benzene rings is 2. The molecule has 1 aliphatic carbocycles. The van der Waals surface area contributed by atoms with E-state index in [9.17, 15) is 0 Å². The van der Waals surface area contributed by atoms with Crippen molar-refractivity contribution in [2.24, 2.45) is 0 Å². The molecule has 0 atom stereocenters. The predicted octanol–water partition coefficient (Wildman–Crippen LogP) is 5.37. The van der Waals surface area contributed by atoms with Gasteiger partial charge in [0.15, 0.2) is 11.6 Å². The third-order valence-electron chi connectivity index (χ3n) is 5.07. The number of para-hydroxylation sites is 1. The van der Waals surface area contributed by atoms with Gasteiger partial charge in [-0.3, -0.25) is 0 Å². The normalized spacial score (nSPS) is 15.7. The van der Waals surface area contributed by atoms with Crippen LogP contribution in [0.25, 0.3) is 0 Å². The van der Waals surface area contributed by atoms with Gasteiger partial charge in [-0.2, -0.15) is 0 Å². The quantitative estimate of drug-likeness (QED) is 0.572. The van der Waals surface area contributed by atoms with Gasteiger partial charge in [-0.25, -0.2) is 9.97 Å². The third-order valence-corrected chi connectivity index (χ3v) is 5.57. The molecule has 0 spiro atoms. The van der Waals surface area contributed by atoms with Crippen LogP contribution in [0.15, 0.2) is 59.1 Å². The minimum Gasteiger partial charge on any atom is -0.305 e. The molecule has 4 nitrogen and oxygen atoms in total. The summed E-state index contributed by atoms with van der Waals surface area (Å²) in [5.41, 5.74) is 4.62. The van der Waals surface area contributed by atoms with Crippen molar-refractivity contribution < 1.29 is 0 Å². The van der Waals surface area contributed by atoms with E-state index < -0.39 is 0 Å². The van der Waals surface area contributed by atoms with Crippen LogP contribution in [0.3, 0.4) is 0 Å². The molecule has 0 N–H and O–H groups in total. The van der Waals surface area contributed by atoms with E-state index in [1.54, 1.807) is 0 Å². The highest BCUT2D eigenvalue weighted by atomic mass is 79.9. The van der Waals surface area contributed by atoms with E-state index in [1.807, 2.05) is 12.1 Å². The van der Waals surface area contributed by atoms with Gasteiger partial charge in [0.2, 0.25) is 0 Å². The summed E-state index contributed by atoms with van der Waals surface area (Å²) in [5, 5.41) is 0. The second-order valence-corrected chi connectivity index (χ2v) is 7.70. The number of hydrogen-bond acceptors (Lipinski definition) is 4. The van der Waals surface area contributed by atoms with Crippen LogP contribution in [0.1, 0.15) is 24.2 Å². The first-order chi connectivity index (χ1) is 12.8. The van der Waals surface area contributed by atoms with Crippen LogP contribution < -0.4 is 9.80 Å². The standard InChI is InChI=1S/C21H19BrN4/c22-15-7-6-10-17(13-15)26-14-25(16-8-2-1-3-9-16)20-21(26)24-19-12-5-4-11-18(19)23-20/h1-3,6-10,13H,4-5,11-12,14H2. The first-order valence-electron chi connectivity index (χ1n) is 9.05. The molecule has 1 aromatic heterocycles. The lowest BCUT2D eigenvalue weighted by Crippen LogP contribution is -2.24. The Morgan fingerprint density at radius 2 is 1.35 bits per heavy atom. The molecule has 0 saturated heterocycles. The average molecular weight is 407 g/mol. The maximum Gasteiger partial charge on any atom is 0.178 e. The van der Waals surface area contributed by atoms with Gasteiger partial charge in [0, 0.05) is 15.8 Å². The zero-order valence-electron chi connectivity index (χ0n) is 14.4. The Bertz CT molecular complexity index is 957. The number of aryl methyl sites for hydroxylation is 2. The van der Waals surface area contributed by atoms with E-state index in [1.165, 1.54) is 24.2 Å². The highest BCUT2D eigenvalue weighted by Gasteiger charge is 2.33. The zero-order valence-corrected chi connectivity index (χ0v) is 16.0. The lowest BCUT2D eigenvalue weighted by Gasteiger charge is -2.21. The number of halogens is 1.